The fourth-order valence-electron chi connectivity index (χ4n) is 1.88. The Balaban J connectivity index is 2.20. The number of hydrogen-bond acceptors (Lipinski definition) is 3. The molecule has 0 saturated carbocycles. The molecule has 5 heteroatoms. The second kappa shape index (κ2) is 6.37. The number of methoxy groups -OCH3 is 1. The van der Waals surface area contributed by atoms with Gasteiger partial charge in [0.1, 0.15) is 0 Å². The van der Waals surface area contributed by atoms with Crippen LogP contribution in [0.5, 0.6) is 5.75 Å². The smallest absolute Gasteiger partial charge is 0.255 e. The maximum atomic E-state index is 13.3. The molecule has 0 spiro atoms. The minimum absolute atomic E-state index is 0.0142. The Labute approximate surface area is 122 Å². The normalized spacial score (nSPS) is 11.8. The van der Waals surface area contributed by atoms with Crippen molar-refractivity contribution < 1.29 is 19.0 Å². The van der Waals surface area contributed by atoms with Gasteiger partial charge < -0.3 is 15.2 Å². The first-order chi connectivity index (χ1) is 10.0. The van der Waals surface area contributed by atoms with Crippen molar-refractivity contribution in [3.05, 3.63) is 59.4 Å². The summed E-state index contributed by atoms with van der Waals surface area (Å²) in [5.74, 6) is -0.887. The highest BCUT2D eigenvalue weighted by atomic mass is 19.1. The van der Waals surface area contributed by atoms with Crippen LogP contribution in [-0.4, -0.2) is 18.1 Å². The predicted octanol–water partition coefficient (Wildman–Crippen LogP) is 3.14. The average Bonchev–Trinajstić information content (AvgIpc) is 2.47. The van der Waals surface area contributed by atoms with Gasteiger partial charge in [-0.2, -0.15) is 0 Å². The molecule has 2 rings (SSSR count). The summed E-state index contributed by atoms with van der Waals surface area (Å²) in [5.41, 5.74) is 1.54. The Kier molecular flexibility index (Phi) is 4.55. The molecule has 21 heavy (non-hydrogen) atoms. The summed E-state index contributed by atoms with van der Waals surface area (Å²) in [4.78, 5) is 12.1. The van der Waals surface area contributed by atoms with Crippen LogP contribution in [0.2, 0.25) is 0 Å². The fourth-order valence-corrected chi connectivity index (χ4v) is 1.88. The topological polar surface area (TPSA) is 58.6 Å². The Morgan fingerprint density at radius 3 is 2.71 bits per heavy atom. The number of amides is 1. The van der Waals surface area contributed by atoms with E-state index in [0.29, 0.717) is 11.3 Å². The van der Waals surface area contributed by atoms with E-state index in [1.165, 1.54) is 25.3 Å². The minimum atomic E-state index is -0.618. The van der Waals surface area contributed by atoms with E-state index < -0.39 is 11.9 Å². The van der Waals surface area contributed by atoms with Crippen LogP contribution in [0.1, 0.15) is 28.9 Å². The second-order valence-corrected chi connectivity index (χ2v) is 4.60. The summed E-state index contributed by atoms with van der Waals surface area (Å²) in [7, 11) is 1.34. The third kappa shape index (κ3) is 3.58. The number of ether oxygens (including phenoxy) is 1. The molecule has 2 aromatic carbocycles. The highest BCUT2D eigenvalue weighted by Gasteiger charge is 2.11. The molecule has 2 aromatic rings. The first-order valence-corrected chi connectivity index (χ1v) is 6.44. The van der Waals surface area contributed by atoms with Crippen LogP contribution in [0.25, 0.3) is 0 Å². The Morgan fingerprint density at radius 2 is 2.05 bits per heavy atom. The van der Waals surface area contributed by atoms with E-state index >= 15 is 0 Å². The molecule has 0 saturated heterocycles. The number of aliphatic hydroxyl groups is 1. The number of rotatable bonds is 4. The molecule has 1 unspecified atom stereocenters. The molecule has 0 fully saturated rings. The second-order valence-electron chi connectivity index (χ2n) is 4.60. The molecule has 0 heterocycles. The number of anilines is 1. The van der Waals surface area contributed by atoms with Gasteiger partial charge in [-0.15, -0.1) is 0 Å². The molecular formula is C16H16FNO3. The van der Waals surface area contributed by atoms with E-state index in [1.807, 2.05) is 0 Å². The van der Waals surface area contributed by atoms with Crippen molar-refractivity contribution in [1.82, 2.24) is 0 Å². The van der Waals surface area contributed by atoms with Crippen LogP contribution in [0, 0.1) is 5.82 Å². The number of benzene rings is 2. The van der Waals surface area contributed by atoms with Crippen molar-refractivity contribution in [2.75, 3.05) is 12.4 Å². The monoisotopic (exact) mass is 289 g/mol. The van der Waals surface area contributed by atoms with Gasteiger partial charge in [-0.25, -0.2) is 4.39 Å². The molecule has 2 N–H and O–H groups in total. The molecule has 0 aliphatic carbocycles. The molecule has 1 amide bonds. The summed E-state index contributed by atoms with van der Waals surface area (Å²) < 4.78 is 18.2. The van der Waals surface area contributed by atoms with Gasteiger partial charge in [-0.1, -0.05) is 12.1 Å². The Bertz CT molecular complexity index is 656. The van der Waals surface area contributed by atoms with E-state index in [-0.39, 0.29) is 17.2 Å². The average molecular weight is 289 g/mol. The van der Waals surface area contributed by atoms with Crippen LogP contribution in [0.4, 0.5) is 10.1 Å². The van der Waals surface area contributed by atoms with Crippen molar-refractivity contribution in [2.45, 2.75) is 13.0 Å². The molecule has 110 valence electrons. The van der Waals surface area contributed by atoms with Crippen molar-refractivity contribution in [3.63, 3.8) is 0 Å². The summed E-state index contributed by atoms with van der Waals surface area (Å²) in [6, 6.07) is 10.8. The summed E-state index contributed by atoms with van der Waals surface area (Å²) in [6.45, 7) is 1.64. The van der Waals surface area contributed by atoms with E-state index in [0.717, 1.165) is 0 Å². The molecule has 0 bridgehead atoms. The number of halogens is 1. The lowest BCUT2D eigenvalue weighted by Crippen LogP contribution is -2.12. The lowest BCUT2D eigenvalue weighted by Gasteiger charge is -2.10. The Hall–Kier alpha value is -2.40. The number of hydrogen-bond donors (Lipinski definition) is 2. The maximum absolute atomic E-state index is 13.3. The van der Waals surface area contributed by atoms with Gasteiger partial charge in [0.25, 0.3) is 5.91 Å². The van der Waals surface area contributed by atoms with E-state index in [1.54, 1.807) is 31.2 Å². The number of carbonyl (C=O) groups is 1. The first kappa shape index (κ1) is 15.0. The summed E-state index contributed by atoms with van der Waals surface area (Å²) in [6.07, 6.45) is -0.618. The van der Waals surface area contributed by atoms with Crippen LogP contribution in [-0.2, 0) is 0 Å². The molecular weight excluding hydrogens is 273 g/mol. The number of carbonyl (C=O) groups excluding carboxylic acids is 1. The summed E-state index contributed by atoms with van der Waals surface area (Å²) >= 11 is 0. The number of nitrogens with one attached hydrogen (secondary N) is 1. The van der Waals surface area contributed by atoms with Crippen LogP contribution < -0.4 is 10.1 Å². The van der Waals surface area contributed by atoms with Crippen LogP contribution in [0.3, 0.4) is 0 Å². The van der Waals surface area contributed by atoms with Crippen molar-refractivity contribution in [3.8, 4) is 5.75 Å². The van der Waals surface area contributed by atoms with Gasteiger partial charge in [0, 0.05) is 11.3 Å². The number of aliphatic hydroxyl groups excluding tert-OH is 1. The largest absolute Gasteiger partial charge is 0.494 e. The van der Waals surface area contributed by atoms with Gasteiger partial charge in [-0.05, 0) is 42.8 Å². The molecule has 0 aromatic heterocycles. The van der Waals surface area contributed by atoms with Gasteiger partial charge in [0.05, 0.1) is 13.2 Å². The first-order valence-electron chi connectivity index (χ1n) is 6.44. The molecule has 1 atom stereocenters. The third-order valence-electron chi connectivity index (χ3n) is 3.04. The van der Waals surface area contributed by atoms with Gasteiger partial charge in [0.15, 0.2) is 11.6 Å². The van der Waals surface area contributed by atoms with Gasteiger partial charge >= 0.3 is 0 Å². The van der Waals surface area contributed by atoms with Gasteiger partial charge in [-0.3, -0.25) is 4.79 Å². The van der Waals surface area contributed by atoms with Gasteiger partial charge in [0.2, 0.25) is 0 Å². The minimum Gasteiger partial charge on any atom is -0.494 e. The van der Waals surface area contributed by atoms with Crippen LogP contribution in [0.15, 0.2) is 42.5 Å². The zero-order valence-corrected chi connectivity index (χ0v) is 11.8. The summed E-state index contributed by atoms with van der Waals surface area (Å²) in [5, 5.41) is 12.2. The van der Waals surface area contributed by atoms with E-state index in [4.69, 9.17) is 4.74 Å². The van der Waals surface area contributed by atoms with E-state index in [9.17, 15) is 14.3 Å². The zero-order valence-electron chi connectivity index (χ0n) is 11.8. The molecule has 4 nitrogen and oxygen atoms in total. The van der Waals surface area contributed by atoms with Crippen LogP contribution >= 0.6 is 0 Å². The highest BCUT2D eigenvalue weighted by molar-refractivity contribution is 6.04. The fraction of sp³-hybridized carbons (Fsp3) is 0.188. The molecule has 0 aliphatic rings. The van der Waals surface area contributed by atoms with Crippen molar-refractivity contribution in [1.29, 1.82) is 0 Å². The highest BCUT2D eigenvalue weighted by Crippen LogP contribution is 2.20. The van der Waals surface area contributed by atoms with Crippen molar-refractivity contribution >= 4 is 11.6 Å². The predicted molar refractivity (Wildman–Crippen MR) is 78.0 cm³/mol. The third-order valence-corrected chi connectivity index (χ3v) is 3.04. The quantitative estimate of drug-likeness (QED) is 0.909. The SMILES string of the molecule is COc1cc(C(=O)Nc2cccc(C(C)O)c2)ccc1F. The molecule has 0 aliphatic heterocycles. The van der Waals surface area contributed by atoms with Crippen molar-refractivity contribution in [2.24, 2.45) is 0 Å². The van der Waals surface area contributed by atoms with E-state index in [2.05, 4.69) is 5.32 Å². The Morgan fingerprint density at radius 1 is 1.29 bits per heavy atom. The standard InChI is InChI=1S/C16H16FNO3/c1-10(19)11-4-3-5-13(8-11)18-16(20)12-6-7-14(17)15(9-12)21-2/h3-10,19H,1-2H3,(H,18,20). The lowest BCUT2D eigenvalue weighted by molar-refractivity contribution is 0.102. The maximum Gasteiger partial charge on any atom is 0.255 e. The zero-order chi connectivity index (χ0) is 15.4. The molecule has 0 radical (unpaired) electrons. The lowest BCUT2D eigenvalue weighted by atomic mass is 10.1.